The van der Waals surface area contributed by atoms with Crippen LogP contribution in [0, 0.1) is 24.0 Å². The predicted molar refractivity (Wildman–Crippen MR) is 273 cm³/mol. The number of aromatic hydroxyl groups is 1. The maximum Gasteiger partial charge on any atom is 0.407 e. The fourth-order valence-corrected chi connectivity index (χ4v) is 12.2. The monoisotopic (exact) mass is 1020 g/mol. The maximum absolute atomic E-state index is 17.3. The van der Waals surface area contributed by atoms with Crippen LogP contribution in [0.3, 0.4) is 0 Å². The Balaban J connectivity index is 0.701. The number of pyridine rings is 1. The Morgan fingerprint density at radius 3 is 2.55 bits per heavy atom. The second kappa shape index (κ2) is 20.2. The van der Waals surface area contributed by atoms with Crippen molar-refractivity contribution in [3.63, 3.8) is 0 Å². The number of amides is 5. The molecule has 6 aliphatic heterocycles. The lowest BCUT2D eigenvalue weighted by atomic mass is 9.92. The lowest BCUT2D eigenvalue weighted by Crippen LogP contribution is -2.54. The number of nitrogens with one attached hydrogen (secondary N) is 4. The molecule has 6 aliphatic rings. The van der Waals surface area contributed by atoms with Gasteiger partial charge in [-0.05, 0) is 100 Å². The third kappa shape index (κ3) is 9.11. The molecule has 5 saturated heterocycles. The van der Waals surface area contributed by atoms with Crippen LogP contribution in [-0.2, 0) is 14.3 Å². The number of hydrogen-bond donors (Lipinski definition) is 5. The number of fused-ring (bicyclic) bond motifs is 6. The number of rotatable bonds is 16. The van der Waals surface area contributed by atoms with Crippen molar-refractivity contribution in [3.05, 3.63) is 89.3 Å². The summed E-state index contributed by atoms with van der Waals surface area (Å²) in [5.41, 5.74) is 0.123. The topological polar surface area (TPSA) is 221 Å². The molecule has 2 aromatic heterocycles. The number of unbranched alkanes of at least 4 members (excludes halogenated alkanes) is 3. The van der Waals surface area contributed by atoms with Crippen molar-refractivity contribution in [2.24, 2.45) is 0 Å². The standard InChI is InChI=1S/C55H56F2N10O8/c1-3-36-40(56)15-12-31-24-35(68)25-38(44(31)36)47-46(57)48-39(26-60-47)49(65-27-32-13-14-33(28-65)61-32)64-53(63-48)75-30(2)55-19-9-23-66(55)34(18-20-55)29-74-54(73)59-22-7-5-4-6-21-58-41-11-8-10-37-45(41)52(72)67(51(37)71)42-16-17-43(69)62-50(42)70/h1,8,10-12,15,24-26,32-34,42,58,61,68H,2,4-7,9,13-14,16-23,27-29H2,(H,59,73)(H,62,69,70)/t32?,33?,34-,42?,55-/m0/s1. The minimum Gasteiger partial charge on any atom is -0.508 e. The normalized spacial score (nSPS) is 23.1. The van der Waals surface area contributed by atoms with E-state index in [1.807, 2.05) is 0 Å². The number of benzene rings is 3. The van der Waals surface area contributed by atoms with E-state index in [1.165, 1.54) is 30.5 Å². The van der Waals surface area contributed by atoms with Gasteiger partial charge in [0.05, 0.1) is 27.6 Å². The summed E-state index contributed by atoms with van der Waals surface area (Å²) in [6.07, 6.45) is 15.0. The molecule has 0 radical (unpaired) electrons. The molecule has 20 heteroatoms. The molecule has 5 amide bonds. The first-order valence-corrected chi connectivity index (χ1v) is 25.7. The first-order chi connectivity index (χ1) is 36.3. The molecule has 3 aromatic carbocycles. The number of carbonyl (C=O) groups is 5. The van der Waals surface area contributed by atoms with Gasteiger partial charge in [-0.1, -0.05) is 37.5 Å². The largest absolute Gasteiger partial charge is 0.508 e. The van der Waals surface area contributed by atoms with Crippen LogP contribution >= 0.6 is 0 Å². The second-order valence-corrected chi connectivity index (χ2v) is 20.3. The number of aromatic nitrogens is 3. The Morgan fingerprint density at radius 1 is 0.960 bits per heavy atom. The summed E-state index contributed by atoms with van der Waals surface area (Å²) < 4.78 is 44.6. The SMILES string of the molecule is C#Cc1c(F)ccc2cc(O)cc(-c3ncc4c(N5CC6CCC(C5)N6)nc(OC(=C)[C@@]56CCCN5[C@H](COC(=O)NCCCCCCNc5cccc7c5C(=O)N(C5CCC(=O)NC5=O)C7=O)CC6)nc4c3F)c12. The minimum atomic E-state index is -1.04. The van der Waals surface area contributed by atoms with Gasteiger partial charge in [0.2, 0.25) is 11.8 Å². The number of alkyl carbamates (subject to hydrolysis) is 1. The summed E-state index contributed by atoms with van der Waals surface area (Å²) in [6.45, 7) is 7.52. The fraction of sp³-hybridized carbons (Fsp3) is 0.418. The number of nitrogens with zero attached hydrogens (tertiary/aromatic N) is 6. The van der Waals surface area contributed by atoms with Crippen LogP contribution in [0.5, 0.6) is 11.8 Å². The molecule has 5 atom stereocenters. The van der Waals surface area contributed by atoms with Crippen LogP contribution in [0.15, 0.2) is 61.0 Å². The van der Waals surface area contributed by atoms with E-state index in [1.54, 1.807) is 18.2 Å². The number of piperidine rings is 1. The first-order valence-electron chi connectivity index (χ1n) is 25.7. The number of phenolic OH excluding ortho intramolecular Hbond substituents is 1. The van der Waals surface area contributed by atoms with Gasteiger partial charge < -0.3 is 35.4 Å². The smallest absolute Gasteiger partial charge is 0.407 e. The summed E-state index contributed by atoms with van der Waals surface area (Å²) in [5, 5.41) is 23.7. The second-order valence-electron chi connectivity index (χ2n) is 20.3. The molecule has 0 spiro atoms. The fourth-order valence-electron chi connectivity index (χ4n) is 12.2. The van der Waals surface area contributed by atoms with Crippen molar-refractivity contribution in [2.75, 3.05) is 49.5 Å². The van der Waals surface area contributed by atoms with E-state index in [0.29, 0.717) is 67.1 Å². The summed E-state index contributed by atoms with van der Waals surface area (Å²) in [7, 11) is 0. The van der Waals surface area contributed by atoms with E-state index in [2.05, 4.69) is 53.5 Å². The van der Waals surface area contributed by atoms with Crippen LogP contribution in [0.2, 0.25) is 0 Å². The van der Waals surface area contributed by atoms with E-state index >= 15 is 8.78 Å². The van der Waals surface area contributed by atoms with Crippen molar-refractivity contribution >= 4 is 62.9 Å². The zero-order chi connectivity index (χ0) is 52.1. The molecule has 5 N–H and O–H groups in total. The summed E-state index contributed by atoms with van der Waals surface area (Å²) in [5.74, 6) is -0.607. The van der Waals surface area contributed by atoms with Crippen molar-refractivity contribution in [1.82, 2.24) is 40.7 Å². The van der Waals surface area contributed by atoms with E-state index in [0.717, 1.165) is 62.8 Å². The van der Waals surface area contributed by atoms with Gasteiger partial charge in [0.25, 0.3) is 11.8 Å². The number of terminal acetylenes is 1. The van der Waals surface area contributed by atoms with E-state index < -0.39 is 52.9 Å². The first kappa shape index (κ1) is 49.5. The van der Waals surface area contributed by atoms with Gasteiger partial charge >= 0.3 is 12.1 Å². The van der Waals surface area contributed by atoms with Gasteiger partial charge in [0.1, 0.15) is 47.0 Å². The third-order valence-corrected chi connectivity index (χ3v) is 15.8. The van der Waals surface area contributed by atoms with Crippen LogP contribution in [0.1, 0.15) is 103 Å². The number of hydrogen-bond acceptors (Lipinski definition) is 15. The van der Waals surface area contributed by atoms with Gasteiger partial charge in [-0.3, -0.25) is 39.3 Å². The molecule has 5 aromatic rings. The van der Waals surface area contributed by atoms with E-state index in [4.69, 9.17) is 20.9 Å². The highest BCUT2D eigenvalue weighted by molar-refractivity contribution is 6.25. The predicted octanol–water partition coefficient (Wildman–Crippen LogP) is 6.44. The van der Waals surface area contributed by atoms with Crippen LogP contribution in [-0.4, -0.2) is 129 Å². The zero-order valence-electron chi connectivity index (χ0n) is 41.2. The van der Waals surface area contributed by atoms with Crippen LogP contribution < -0.4 is 30.9 Å². The molecule has 18 nitrogen and oxygen atoms in total. The molecule has 8 heterocycles. The molecule has 5 fully saturated rings. The van der Waals surface area contributed by atoms with E-state index in [-0.39, 0.29) is 88.2 Å². The van der Waals surface area contributed by atoms with Crippen LogP contribution in [0.4, 0.5) is 25.1 Å². The van der Waals surface area contributed by atoms with Crippen molar-refractivity contribution in [1.29, 1.82) is 0 Å². The van der Waals surface area contributed by atoms with Crippen molar-refractivity contribution in [3.8, 4) is 35.4 Å². The molecule has 3 unspecified atom stereocenters. The molecule has 0 aliphatic carbocycles. The van der Waals surface area contributed by atoms with Gasteiger partial charge in [0, 0.05) is 73.6 Å². The Kier molecular flexibility index (Phi) is 13.3. The number of halogens is 2. The highest BCUT2D eigenvalue weighted by Gasteiger charge is 2.53. The number of anilines is 2. The number of piperazine rings is 1. The van der Waals surface area contributed by atoms with E-state index in [9.17, 15) is 29.1 Å². The number of imide groups is 2. The Labute approximate surface area is 430 Å². The molecule has 2 bridgehead atoms. The van der Waals surface area contributed by atoms with Crippen LogP contribution in [0.25, 0.3) is 32.9 Å². The van der Waals surface area contributed by atoms with Gasteiger partial charge in [-0.2, -0.15) is 9.97 Å². The highest BCUT2D eigenvalue weighted by atomic mass is 19.1. The molecular formula is C55H56F2N10O8. The molecule has 11 rings (SSSR count). The summed E-state index contributed by atoms with van der Waals surface area (Å²) in [6, 6.07) is 9.62. The Hall–Kier alpha value is -7.76. The molecule has 0 saturated carbocycles. The minimum absolute atomic E-state index is 0.0467. The zero-order valence-corrected chi connectivity index (χ0v) is 41.2. The number of ether oxygens (including phenoxy) is 2. The average Bonchev–Trinajstić information content (AvgIpc) is 4.15. The van der Waals surface area contributed by atoms with Crippen molar-refractivity contribution in [2.45, 2.75) is 107 Å². The number of phenols is 1. The average molecular weight is 1020 g/mol. The third-order valence-electron chi connectivity index (χ3n) is 15.8. The lowest BCUT2D eigenvalue weighted by molar-refractivity contribution is -0.136. The Bertz CT molecular complexity index is 3250. The van der Waals surface area contributed by atoms with Gasteiger partial charge in [-0.15, -0.1) is 6.42 Å². The molecule has 75 heavy (non-hydrogen) atoms. The quantitative estimate of drug-likeness (QED) is 0.0311. The lowest BCUT2D eigenvalue weighted by Gasteiger charge is -2.36. The number of carbonyl (C=O) groups excluding carboxylic acids is 5. The summed E-state index contributed by atoms with van der Waals surface area (Å²) >= 11 is 0. The molecule has 388 valence electrons. The maximum atomic E-state index is 17.3. The van der Waals surface area contributed by atoms with Crippen molar-refractivity contribution < 1.29 is 47.3 Å². The van der Waals surface area contributed by atoms with Gasteiger partial charge in [0.15, 0.2) is 5.82 Å². The summed E-state index contributed by atoms with van der Waals surface area (Å²) in [4.78, 5) is 83.1. The van der Waals surface area contributed by atoms with Gasteiger partial charge in [-0.25, -0.2) is 13.6 Å². The Morgan fingerprint density at radius 2 is 1.76 bits per heavy atom. The highest BCUT2D eigenvalue weighted by Crippen LogP contribution is 2.48. The molecular weight excluding hydrogens is 967 g/mol.